The van der Waals surface area contributed by atoms with Crippen LogP contribution in [0.4, 0.5) is 9.52 Å². The molecule has 192 valence electrons. The Morgan fingerprint density at radius 1 is 1.03 bits per heavy atom. The number of hydrogen-bond acceptors (Lipinski definition) is 8. The van der Waals surface area contributed by atoms with Crippen molar-refractivity contribution in [2.45, 2.75) is 23.1 Å². The number of carbonyl (C=O) groups excluding carboxylic acids is 2. The number of aliphatic hydroxyl groups excluding tert-OH is 1. The number of carbonyl (C=O) groups is 2. The van der Waals surface area contributed by atoms with Crippen molar-refractivity contribution in [2.75, 3.05) is 11.5 Å². The molecule has 1 aliphatic heterocycles. The molecule has 1 aromatic heterocycles. The fourth-order valence-electron chi connectivity index (χ4n) is 4.09. The zero-order valence-corrected chi connectivity index (χ0v) is 21.8. The summed E-state index contributed by atoms with van der Waals surface area (Å²) in [6.45, 7) is 2.37. The smallest absolute Gasteiger partial charge is 0.301 e. The number of amides is 1. The summed E-state index contributed by atoms with van der Waals surface area (Å²) in [5.41, 5.74) is 1.92. The second-order valence-electron chi connectivity index (χ2n) is 8.30. The number of thioether (sulfide) groups is 1. The molecule has 7 nitrogen and oxygen atoms in total. The highest BCUT2D eigenvalue weighted by Gasteiger charge is 2.48. The molecular formula is C28H22FN3O4S2. The van der Waals surface area contributed by atoms with Crippen LogP contribution in [0.2, 0.25) is 0 Å². The summed E-state index contributed by atoms with van der Waals surface area (Å²) in [5, 5.41) is 19.8. The van der Waals surface area contributed by atoms with Crippen molar-refractivity contribution in [3.63, 3.8) is 0 Å². The summed E-state index contributed by atoms with van der Waals surface area (Å²) in [7, 11) is 0. The molecule has 1 aliphatic rings. The van der Waals surface area contributed by atoms with E-state index in [4.69, 9.17) is 4.74 Å². The molecular weight excluding hydrogens is 525 g/mol. The van der Waals surface area contributed by atoms with Crippen LogP contribution < -0.4 is 9.64 Å². The van der Waals surface area contributed by atoms with Crippen LogP contribution >= 0.6 is 23.1 Å². The molecule has 0 saturated carbocycles. The number of anilines is 1. The lowest BCUT2D eigenvalue weighted by atomic mass is 9.95. The van der Waals surface area contributed by atoms with E-state index in [0.29, 0.717) is 33.6 Å². The molecule has 1 fully saturated rings. The van der Waals surface area contributed by atoms with Gasteiger partial charge in [0.2, 0.25) is 5.13 Å². The number of rotatable bonds is 8. The van der Waals surface area contributed by atoms with Crippen molar-refractivity contribution in [3.8, 4) is 5.75 Å². The van der Waals surface area contributed by atoms with E-state index in [2.05, 4.69) is 10.2 Å². The SMILES string of the molecule is CCOc1ccc(C2/C(=C(/O)c3ccccc3)C(=O)C(=O)N2c2nnc(SCc3ccc(F)cc3)s2)cc1. The third kappa shape index (κ3) is 5.18. The Balaban J connectivity index is 1.52. The van der Waals surface area contributed by atoms with E-state index in [1.165, 1.54) is 40.1 Å². The zero-order valence-electron chi connectivity index (χ0n) is 20.2. The molecule has 1 atom stereocenters. The molecule has 1 N–H and O–H groups in total. The fraction of sp³-hybridized carbons (Fsp3) is 0.143. The molecule has 2 heterocycles. The van der Waals surface area contributed by atoms with Gasteiger partial charge >= 0.3 is 5.91 Å². The first-order valence-electron chi connectivity index (χ1n) is 11.8. The molecule has 0 radical (unpaired) electrons. The van der Waals surface area contributed by atoms with Crippen molar-refractivity contribution in [3.05, 3.63) is 107 Å². The summed E-state index contributed by atoms with van der Waals surface area (Å²) in [4.78, 5) is 27.9. The third-order valence-corrected chi connectivity index (χ3v) is 8.00. The van der Waals surface area contributed by atoms with E-state index in [1.807, 2.05) is 6.92 Å². The summed E-state index contributed by atoms with van der Waals surface area (Å²) in [5.74, 6) is -0.998. The molecule has 0 bridgehead atoms. The lowest BCUT2D eigenvalue weighted by Gasteiger charge is -2.22. The van der Waals surface area contributed by atoms with Crippen molar-refractivity contribution in [2.24, 2.45) is 0 Å². The Kier molecular flexibility index (Phi) is 7.52. The normalized spacial score (nSPS) is 16.7. The second kappa shape index (κ2) is 11.2. The van der Waals surface area contributed by atoms with E-state index >= 15 is 0 Å². The van der Waals surface area contributed by atoms with Gasteiger partial charge in [-0.2, -0.15) is 0 Å². The predicted octanol–water partition coefficient (Wildman–Crippen LogP) is 5.99. The maximum atomic E-state index is 13.3. The Morgan fingerprint density at radius 3 is 2.42 bits per heavy atom. The van der Waals surface area contributed by atoms with Crippen molar-refractivity contribution >= 4 is 45.7 Å². The van der Waals surface area contributed by atoms with E-state index in [0.717, 1.165) is 5.56 Å². The van der Waals surface area contributed by atoms with Crippen LogP contribution in [0.1, 0.15) is 29.7 Å². The highest BCUT2D eigenvalue weighted by molar-refractivity contribution is 8.00. The number of halogens is 1. The van der Waals surface area contributed by atoms with Crippen LogP contribution in [-0.4, -0.2) is 33.6 Å². The Hall–Kier alpha value is -4.02. The first kappa shape index (κ1) is 25.6. The topological polar surface area (TPSA) is 92.6 Å². The number of ketones is 1. The number of aliphatic hydroxyl groups is 1. The zero-order chi connectivity index (χ0) is 26.6. The molecule has 1 saturated heterocycles. The van der Waals surface area contributed by atoms with Gasteiger partial charge in [0.05, 0.1) is 18.2 Å². The van der Waals surface area contributed by atoms with E-state index in [9.17, 15) is 19.1 Å². The van der Waals surface area contributed by atoms with Gasteiger partial charge in [-0.15, -0.1) is 10.2 Å². The van der Waals surface area contributed by atoms with Gasteiger partial charge in [0.15, 0.2) is 4.34 Å². The van der Waals surface area contributed by atoms with Gasteiger partial charge in [0.25, 0.3) is 5.78 Å². The first-order valence-corrected chi connectivity index (χ1v) is 13.6. The summed E-state index contributed by atoms with van der Waals surface area (Å²) >= 11 is 2.56. The lowest BCUT2D eigenvalue weighted by molar-refractivity contribution is -0.132. The average molecular weight is 548 g/mol. The second-order valence-corrected chi connectivity index (χ2v) is 10.5. The van der Waals surface area contributed by atoms with Crippen LogP contribution in [-0.2, 0) is 15.3 Å². The average Bonchev–Trinajstić information content (AvgIpc) is 3.51. The van der Waals surface area contributed by atoms with Crippen LogP contribution in [0.25, 0.3) is 5.76 Å². The van der Waals surface area contributed by atoms with Crippen LogP contribution in [0.3, 0.4) is 0 Å². The molecule has 1 amide bonds. The minimum absolute atomic E-state index is 0.0268. The monoisotopic (exact) mass is 547 g/mol. The largest absolute Gasteiger partial charge is 0.507 e. The van der Waals surface area contributed by atoms with Crippen molar-refractivity contribution in [1.82, 2.24) is 10.2 Å². The third-order valence-electron chi connectivity index (χ3n) is 5.88. The Bertz CT molecular complexity index is 1490. The molecule has 3 aromatic carbocycles. The number of hydrogen-bond donors (Lipinski definition) is 1. The van der Waals surface area contributed by atoms with Gasteiger partial charge in [-0.3, -0.25) is 14.5 Å². The highest BCUT2D eigenvalue weighted by Crippen LogP contribution is 2.44. The summed E-state index contributed by atoms with van der Waals surface area (Å²) in [6, 6.07) is 20.9. The number of ether oxygens (including phenoxy) is 1. The van der Waals surface area contributed by atoms with Gasteiger partial charge in [-0.05, 0) is 42.3 Å². The van der Waals surface area contributed by atoms with E-state index in [-0.39, 0.29) is 22.3 Å². The quantitative estimate of drug-likeness (QED) is 0.0952. The van der Waals surface area contributed by atoms with Crippen LogP contribution in [0.5, 0.6) is 5.75 Å². The molecule has 4 aromatic rings. The number of aromatic nitrogens is 2. The fourth-order valence-corrected chi connectivity index (χ4v) is 5.92. The molecule has 38 heavy (non-hydrogen) atoms. The maximum absolute atomic E-state index is 13.3. The van der Waals surface area contributed by atoms with Gasteiger partial charge < -0.3 is 9.84 Å². The standard InChI is InChI=1S/C28H22FN3O4S2/c1-2-36-21-14-10-18(11-15-21)23-22(24(33)19-6-4-3-5-7-19)25(34)26(35)32(23)27-30-31-28(38-27)37-16-17-8-12-20(29)13-9-17/h3-15,23,33H,2,16H2,1H3/b24-22-. The Morgan fingerprint density at radius 2 is 1.74 bits per heavy atom. The Labute approximate surface area is 226 Å². The maximum Gasteiger partial charge on any atom is 0.301 e. The molecule has 10 heteroatoms. The molecule has 5 rings (SSSR count). The number of benzene rings is 3. The predicted molar refractivity (Wildman–Crippen MR) is 145 cm³/mol. The van der Waals surface area contributed by atoms with Crippen LogP contribution in [0, 0.1) is 5.82 Å². The number of Topliss-reactive ketones (excluding diaryl/α,β-unsaturated/α-hetero) is 1. The van der Waals surface area contributed by atoms with Crippen LogP contribution in [0.15, 0.2) is 88.8 Å². The molecule has 0 aliphatic carbocycles. The van der Waals surface area contributed by atoms with Gasteiger partial charge in [0.1, 0.15) is 17.3 Å². The lowest BCUT2D eigenvalue weighted by Crippen LogP contribution is -2.29. The summed E-state index contributed by atoms with van der Waals surface area (Å²) in [6.07, 6.45) is 0. The minimum atomic E-state index is -0.909. The minimum Gasteiger partial charge on any atom is -0.507 e. The number of nitrogens with zero attached hydrogens (tertiary/aromatic N) is 3. The highest BCUT2D eigenvalue weighted by atomic mass is 32.2. The van der Waals surface area contributed by atoms with Gasteiger partial charge in [-0.1, -0.05) is 77.7 Å². The first-order chi connectivity index (χ1) is 18.5. The summed E-state index contributed by atoms with van der Waals surface area (Å²) < 4.78 is 19.3. The van der Waals surface area contributed by atoms with Gasteiger partial charge in [0, 0.05) is 11.3 Å². The van der Waals surface area contributed by atoms with Gasteiger partial charge in [-0.25, -0.2) is 4.39 Å². The van der Waals surface area contributed by atoms with E-state index in [1.54, 1.807) is 66.7 Å². The molecule has 1 unspecified atom stereocenters. The van der Waals surface area contributed by atoms with Crippen molar-refractivity contribution < 1.29 is 23.8 Å². The van der Waals surface area contributed by atoms with E-state index < -0.39 is 17.7 Å². The molecule has 0 spiro atoms. The van der Waals surface area contributed by atoms with Crippen molar-refractivity contribution in [1.29, 1.82) is 0 Å².